The third kappa shape index (κ3) is 2.49. The molecule has 1 fully saturated rings. The van der Waals surface area contributed by atoms with Gasteiger partial charge in [0.25, 0.3) is 0 Å². The first-order valence-electron chi connectivity index (χ1n) is 8.58. The minimum Gasteiger partial charge on any atom is -0.353 e. The Bertz CT molecular complexity index is 568. The second kappa shape index (κ2) is 5.91. The van der Waals surface area contributed by atoms with Crippen LogP contribution in [-0.4, -0.2) is 12.5 Å². The van der Waals surface area contributed by atoms with Crippen molar-refractivity contribution in [2.24, 2.45) is 23.2 Å². The first-order chi connectivity index (χ1) is 10.6. The summed E-state index contributed by atoms with van der Waals surface area (Å²) >= 11 is 0. The second-order valence-electron chi connectivity index (χ2n) is 7.42. The summed E-state index contributed by atoms with van der Waals surface area (Å²) < 4.78 is 0. The molecule has 1 saturated carbocycles. The summed E-state index contributed by atoms with van der Waals surface area (Å²) in [5, 5.41) is 12.0. The number of amides is 1. The number of carbonyl (C=O) groups is 1. The van der Waals surface area contributed by atoms with Crippen LogP contribution in [0.2, 0.25) is 0 Å². The molecule has 4 unspecified atom stereocenters. The van der Waals surface area contributed by atoms with Crippen molar-refractivity contribution in [3.05, 3.63) is 23.3 Å². The van der Waals surface area contributed by atoms with E-state index in [4.69, 9.17) is 5.26 Å². The Morgan fingerprint density at radius 2 is 2.32 bits per heavy atom. The van der Waals surface area contributed by atoms with Crippen molar-refractivity contribution in [1.29, 1.82) is 5.26 Å². The molecule has 3 aliphatic rings. The van der Waals surface area contributed by atoms with Gasteiger partial charge in [0.1, 0.15) is 0 Å². The molecule has 22 heavy (non-hydrogen) atoms. The number of allylic oxidation sites excluding steroid dienone is 3. The van der Waals surface area contributed by atoms with Gasteiger partial charge < -0.3 is 5.32 Å². The number of nitrogens with zero attached hydrogens (tertiary/aromatic N) is 1. The van der Waals surface area contributed by atoms with Gasteiger partial charge in [0.15, 0.2) is 0 Å². The molecule has 2 aliphatic carbocycles. The van der Waals surface area contributed by atoms with E-state index >= 15 is 0 Å². The molecule has 3 nitrogen and oxygen atoms in total. The fourth-order valence-electron chi connectivity index (χ4n) is 5.14. The molecule has 0 radical (unpaired) electrons. The zero-order chi connectivity index (χ0) is 15.7. The highest BCUT2D eigenvalue weighted by molar-refractivity contribution is 5.88. The summed E-state index contributed by atoms with van der Waals surface area (Å²) in [6, 6.07) is 2.32. The Kier molecular flexibility index (Phi) is 4.12. The zero-order valence-corrected chi connectivity index (χ0v) is 13.7. The number of hydrogen-bond acceptors (Lipinski definition) is 2. The molecular weight excluding hydrogens is 272 g/mol. The fourth-order valence-corrected chi connectivity index (χ4v) is 5.14. The van der Waals surface area contributed by atoms with Crippen molar-refractivity contribution < 1.29 is 4.79 Å². The predicted octanol–water partition coefficient (Wildman–Crippen LogP) is 3.74. The van der Waals surface area contributed by atoms with Gasteiger partial charge in [0.2, 0.25) is 5.91 Å². The molecule has 0 bridgehead atoms. The molecule has 1 N–H and O–H groups in total. The molecule has 0 aromatic rings. The van der Waals surface area contributed by atoms with Crippen LogP contribution in [0.4, 0.5) is 0 Å². The van der Waals surface area contributed by atoms with Crippen molar-refractivity contribution in [3.63, 3.8) is 0 Å². The molecule has 1 aliphatic heterocycles. The van der Waals surface area contributed by atoms with Gasteiger partial charge in [-0.3, -0.25) is 4.79 Å². The summed E-state index contributed by atoms with van der Waals surface area (Å²) in [6.07, 6.45) is 10.3. The smallest absolute Gasteiger partial charge is 0.243 e. The van der Waals surface area contributed by atoms with Gasteiger partial charge in [-0.1, -0.05) is 24.1 Å². The van der Waals surface area contributed by atoms with Crippen molar-refractivity contribution in [1.82, 2.24) is 5.32 Å². The molecule has 3 heteroatoms. The monoisotopic (exact) mass is 298 g/mol. The Morgan fingerprint density at radius 1 is 1.50 bits per heavy atom. The predicted molar refractivity (Wildman–Crippen MR) is 86.7 cm³/mol. The zero-order valence-electron chi connectivity index (χ0n) is 13.7. The minimum absolute atomic E-state index is 0.0840. The van der Waals surface area contributed by atoms with Crippen LogP contribution in [0.3, 0.4) is 0 Å². The summed E-state index contributed by atoms with van der Waals surface area (Å²) in [5.41, 5.74) is 2.98. The van der Waals surface area contributed by atoms with Gasteiger partial charge >= 0.3 is 0 Å². The number of rotatable bonds is 2. The number of carbonyl (C=O) groups excluding carboxylic acids is 1. The van der Waals surface area contributed by atoms with Gasteiger partial charge in [-0.25, -0.2) is 0 Å². The van der Waals surface area contributed by atoms with Crippen LogP contribution in [0, 0.1) is 34.5 Å². The third-order valence-electron chi connectivity index (χ3n) is 6.43. The van der Waals surface area contributed by atoms with E-state index in [2.05, 4.69) is 31.3 Å². The molecule has 0 saturated heterocycles. The standard InChI is InChI=1S/C19H26N2O/c1-13-5-8-17-16(15(13)4-3-10-20)7-6-14-12-18(22)21-11-9-19(14,17)2/h5,12,15-17H,3-4,6-9,11H2,1-2H3,(H,21,22). The lowest BCUT2D eigenvalue weighted by atomic mass is 9.52. The molecule has 3 rings (SSSR count). The summed E-state index contributed by atoms with van der Waals surface area (Å²) in [6.45, 7) is 5.39. The largest absolute Gasteiger partial charge is 0.353 e. The van der Waals surface area contributed by atoms with Crippen LogP contribution in [-0.2, 0) is 4.79 Å². The second-order valence-corrected chi connectivity index (χ2v) is 7.42. The minimum atomic E-state index is 0.0840. The Hall–Kier alpha value is -1.56. The Morgan fingerprint density at radius 3 is 3.09 bits per heavy atom. The quantitative estimate of drug-likeness (QED) is 0.790. The van der Waals surface area contributed by atoms with E-state index in [9.17, 15) is 4.79 Å². The van der Waals surface area contributed by atoms with Crippen LogP contribution in [0.1, 0.15) is 52.4 Å². The van der Waals surface area contributed by atoms with E-state index in [1.807, 2.05) is 6.08 Å². The van der Waals surface area contributed by atoms with Crippen LogP contribution in [0.5, 0.6) is 0 Å². The van der Waals surface area contributed by atoms with Crippen molar-refractivity contribution >= 4 is 5.91 Å². The van der Waals surface area contributed by atoms with Crippen molar-refractivity contribution in [3.8, 4) is 6.07 Å². The Labute approximate surface area is 133 Å². The average molecular weight is 298 g/mol. The van der Waals surface area contributed by atoms with E-state index in [-0.39, 0.29) is 11.3 Å². The number of hydrogen-bond donors (Lipinski definition) is 1. The van der Waals surface area contributed by atoms with Crippen LogP contribution < -0.4 is 5.32 Å². The van der Waals surface area contributed by atoms with E-state index in [1.165, 1.54) is 17.6 Å². The summed E-state index contributed by atoms with van der Waals surface area (Å²) in [4.78, 5) is 11.9. The van der Waals surface area contributed by atoms with Gasteiger partial charge in [0.05, 0.1) is 6.07 Å². The van der Waals surface area contributed by atoms with Crippen LogP contribution in [0.25, 0.3) is 0 Å². The van der Waals surface area contributed by atoms with E-state index in [1.54, 1.807) is 0 Å². The molecular formula is C19H26N2O. The first kappa shape index (κ1) is 15.3. The Balaban J connectivity index is 1.92. The highest BCUT2D eigenvalue weighted by Crippen LogP contribution is 2.57. The van der Waals surface area contributed by atoms with Gasteiger partial charge in [0, 0.05) is 19.0 Å². The normalized spacial score (nSPS) is 37.7. The van der Waals surface area contributed by atoms with E-state index in [0.29, 0.717) is 24.2 Å². The maximum atomic E-state index is 11.9. The van der Waals surface area contributed by atoms with Crippen molar-refractivity contribution in [2.75, 3.05) is 6.54 Å². The van der Waals surface area contributed by atoms with Gasteiger partial charge in [-0.15, -0.1) is 0 Å². The molecule has 1 heterocycles. The first-order valence-corrected chi connectivity index (χ1v) is 8.58. The summed E-state index contributed by atoms with van der Waals surface area (Å²) in [5.74, 6) is 1.94. The molecule has 0 aromatic heterocycles. The maximum absolute atomic E-state index is 11.9. The molecule has 4 atom stereocenters. The third-order valence-corrected chi connectivity index (χ3v) is 6.43. The molecule has 0 aromatic carbocycles. The number of nitrogens with one attached hydrogen (secondary N) is 1. The topological polar surface area (TPSA) is 52.9 Å². The SMILES string of the molecule is CC1=CCC2C(CCC3=CC(=O)NCCC32C)C1CCC#N. The molecule has 0 spiro atoms. The number of nitriles is 1. The van der Waals surface area contributed by atoms with Crippen LogP contribution in [0.15, 0.2) is 23.3 Å². The highest BCUT2D eigenvalue weighted by atomic mass is 16.1. The van der Waals surface area contributed by atoms with E-state index in [0.717, 1.165) is 32.2 Å². The molecule has 1 amide bonds. The lowest BCUT2D eigenvalue weighted by Crippen LogP contribution is -2.44. The lowest BCUT2D eigenvalue weighted by molar-refractivity contribution is -0.116. The average Bonchev–Trinajstić information content (AvgIpc) is 2.64. The summed E-state index contributed by atoms with van der Waals surface area (Å²) in [7, 11) is 0. The lowest BCUT2D eigenvalue weighted by Gasteiger charge is -2.52. The van der Waals surface area contributed by atoms with E-state index < -0.39 is 0 Å². The van der Waals surface area contributed by atoms with Gasteiger partial charge in [-0.2, -0.15) is 5.26 Å². The maximum Gasteiger partial charge on any atom is 0.243 e. The molecule has 118 valence electrons. The highest BCUT2D eigenvalue weighted by Gasteiger charge is 2.48. The van der Waals surface area contributed by atoms with Crippen LogP contribution >= 0.6 is 0 Å². The fraction of sp³-hybridized carbons (Fsp3) is 0.684. The van der Waals surface area contributed by atoms with Crippen molar-refractivity contribution in [2.45, 2.75) is 52.4 Å². The van der Waals surface area contributed by atoms with Gasteiger partial charge in [-0.05, 0) is 62.2 Å². The number of fused-ring (bicyclic) bond motifs is 3.